The molecule has 2 N–H and O–H groups in total. The Morgan fingerprint density at radius 1 is 1.40 bits per heavy atom. The van der Waals surface area contributed by atoms with E-state index in [0.717, 1.165) is 25.7 Å². The fraction of sp³-hybridized carbons (Fsp3) is 0.667. The molecule has 0 saturated carbocycles. The van der Waals surface area contributed by atoms with Gasteiger partial charge in [-0.05, 0) is 6.42 Å². The summed E-state index contributed by atoms with van der Waals surface area (Å²) in [6, 6.07) is 0. The minimum Gasteiger partial charge on any atom is -0.481 e. The van der Waals surface area contributed by atoms with Gasteiger partial charge in [0.25, 0.3) is 0 Å². The smallest absolute Gasteiger partial charge is 0.305 e. The maximum absolute atomic E-state index is 11.9. The van der Waals surface area contributed by atoms with Crippen molar-refractivity contribution in [1.82, 2.24) is 14.5 Å². The number of nitrogens with zero attached hydrogens (tertiary/aromatic N) is 2. The Morgan fingerprint density at radius 3 is 2.80 bits per heavy atom. The molecule has 0 bridgehead atoms. The molecule has 1 rings (SSSR count). The van der Waals surface area contributed by atoms with Gasteiger partial charge in [0.15, 0.2) is 0 Å². The highest BCUT2D eigenvalue weighted by Gasteiger charge is 2.15. The molecule has 0 aliphatic carbocycles. The van der Waals surface area contributed by atoms with Crippen LogP contribution < -0.4 is 4.72 Å². The van der Waals surface area contributed by atoms with Crippen LogP contribution in [0, 0.1) is 0 Å². The van der Waals surface area contributed by atoms with Crippen LogP contribution in [0.25, 0.3) is 0 Å². The van der Waals surface area contributed by atoms with Gasteiger partial charge in [-0.1, -0.05) is 26.2 Å². The predicted octanol–water partition coefficient (Wildman–Crippen LogP) is 1.22. The average molecular weight is 303 g/mol. The maximum Gasteiger partial charge on any atom is 0.305 e. The van der Waals surface area contributed by atoms with Crippen molar-refractivity contribution in [2.24, 2.45) is 0 Å². The molecule has 0 amide bonds. The van der Waals surface area contributed by atoms with Gasteiger partial charge in [-0.3, -0.25) is 9.48 Å². The van der Waals surface area contributed by atoms with Crippen molar-refractivity contribution in [3.05, 3.63) is 12.4 Å². The number of hydrogen-bond acceptors (Lipinski definition) is 4. The Hall–Kier alpha value is -1.41. The summed E-state index contributed by atoms with van der Waals surface area (Å²) in [6.45, 7) is 2.65. The number of carbonyl (C=O) groups is 1. The molecule has 114 valence electrons. The first kappa shape index (κ1) is 16.6. The maximum atomic E-state index is 11.9. The van der Waals surface area contributed by atoms with Gasteiger partial charge in [0.2, 0.25) is 10.0 Å². The van der Waals surface area contributed by atoms with E-state index in [9.17, 15) is 13.2 Å². The van der Waals surface area contributed by atoms with Crippen molar-refractivity contribution in [2.75, 3.05) is 6.54 Å². The first-order valence-corrected chi connectivity index (χ1v) is 8.18. The van der Waals surface area contributed by atoms with Crippen molar-refractivity contribution >= 4 is 16.0 Å². The van der Waals surface area contributed by atoms with Gasteiger partial charge in [-0.25, -0.2) is 13.1 Å². The molecule has 7 nitrogen and oxygen atoms in total. The molecule has 0 unspecified atom stereocenters. The molecule has 0 spiro atoms. The van der Waals surface area contributed by atoms with Crippen LogP contribution in [0.15, 0.2) is 17.3 Å². The second-order valence-corrected chi connectivity index (χ2v) is 6.31. The highest BCUT2D eigenvalue weighted by Crippen LogP contribution is 2.08. The lowest BCUT2D eigenvalue weighted by Crippen LogP contribution is -2.24. The van der Waals surface area contributed by atoms with Crippen LogP contribution in [-0.2, 0) is 21.4 Å². The molecule has 0 aliphatic rings. The minimum absolute atomic E-state index is 0.0679. The van der Waals surface area contributed by atoms with E-state index < -0.39 is 16.0 Å². The van der Waals surface area contributed by atoms with E-state index in [1.165, 1.54) is 17.1 Å². The number of unbranched alkanes of at least 4 members (excludes halogenated alkanes) is 3. The first-order valence-electron chi connectivity index (χ1n) is 6.69. The quantitative estimate of drug-likeness (QED) is 0.633. The summed E-state index contributed by atoms with van der Waals surface area (Å²) in [6.07, 6.45) is 6.48. The van der Waals surface area contributed by atoms with Gasteiger partial charge < -0.3 is 5.11 Å². The molecule has 8 heteroatoms. The van der Waals surface area contributed by atoms with Crippen molar-refractivity contribution < 1.29 is 18.3 Å². The Bertz CT molecular complexity index is 525. The second kappa shape index (κ2) is 8.01. The van der Waals surface area contributed by atoms with E-state index in [-0.39, 0.29) is 17.9 Å². The summed E-state index contributed by atoms with van der Waals surface area (Å²) in [7, 11) is -3.55. The van der Waals surface area contributed by atoms with Gasteiger partial charge in [0, 0.05) is 12.7 Å². The molecule has 1 heterocycles. The number of carboxylic acid groups (broad SMARTS) is 1. The monoisotopic (exact) mass is 303 g/mol. The molecular formula is C12H21N3O4S. The normalized spacial score (nSPS) is 11.7. The number of aryl methyl sites for hydroxylation is 1. The zero-order valence-corrected chi connectivity index (χ0v) is 12.4. The SMILES string of the molecule is CCCCCCNS(=O)(=O)c1cnn(CCC(=O)O)c1. The lowest BCUT2D eigenvalue weighted by Gasteiger charge is -2.04. The Morgan fingerprint density at radius 2 is 2.15 bits per heavy atom. The summed E-state index contributed by atoms with van der Waals surface area (Å²) in [5.41, 5.74) is 0. The van der Waals surface area contributed by atoms with Crippen molar-refractivity contribution in [1.29, 1.82) is 0 Å². The molecular weight excluding hydrogens is 282 g/mol. The molecule has 0 aliphatic heterocycles. The Labute approximate surface area is 119 Å². The third-order valence-electron chi connectivity index (χ3n) is 2.80. The van der Waals surface area contributed by atoms with Gasteiger partial charge in [0.1, 0.15) is 4.90 Å². The van der Waals surface area contributed by atoms with E-state index in [2.05, 4.69) is 16.7 Å². The van der Waals surface area contributed by atoms with Gasteiger partial charge >= 0.3 is 5.97 Å². The standard InChI is InChI=1S/C12H21N3O4S/c1-2-3-4-5-7-14-20(18,19)11-9-13-15(10-11)8-6-12(16)17/h9-10,14H,2-8H2,1H3,(H,16,17). The van der Waals surface area contributed by atoms with Crippen LogP contribution in [-0.4, -0.2) is 35.8 Å². The summed E-state index contributed by atoms with van der Waals surface area (Å²) in [5, 5.41) is 12.4. The van der Waals surface area contributed by atoms with Crippen molar-refractivity contribution in [3.63, 3.8) is 0 Å². The number of nitrogens with one attached hydrogen (secondary N) is 1. The average Bonchev–Trinajstić information content (AvgIpc) is 2.85. The highest BCUT2D eigenvalue weighted by atomic mass is 32.2. The molecule has 20 heavy (non-hydrogen) atoms. The third-order valence-corrected chi connectivity index (χ3v) is 4.21. The third kappa shape index (κ3) is 5.70. The fourth-order valence-electron chi connectivity index (χ4n) is 1.66. The number of hydrogen-bond donors (Lipinski definition) is 2. The molecule has 0 atom stereocenters. The topological polar surface area (TPSA) is 101 Å². The predicted molar refractivity (Wildman–Crippen MR) is 73.8 cm³/mol. The van der Waals surface area contributed by atoms with E-state index in [4.69, 9.17) is 5.11 Å². The Balaban J connectivity index is 2.48. The molecule has 1 aromatic rings. The van der Waals surface area contributed by atoms with Crippen LogP contribution in [0.4, 0.5) is 0 Å². The number of sulfonamides is 1. The zero-order chi connectivity index (χ0) is 15.0. The summed E-state index contributed by atoms with van der Waals surface area (Å²) < 4.78 is 27.7. The number of aliphatic carboxylic acids is 1. The van der Waals surface area contributed by atoms with E-state index in [1.807, 2.05) is 0 Å². The lowest BCUT2D eigenvalue weighted by atomic mass is 10.2. The second-order valence-electron chi connectivity index (χ2n) is 4.54. The molecule has 0 radical (unpaired) electrons. The molecule has 0 aromatic carbocycles. The van der Waals surface area contributed by atoms with Gasteiger partial charge in [-0.2, -0.15) is 5.10 Å². The molecule has 1 aromatic heterocycles. The van der Waals surface area contributed by atoms with Crippen LogP contribution in [0.5, 0.6) is 0 Å². The van der Waals surface area contributed by atoms with E-state index in [0.29, 0.717) is 6.54 Å². The zero-order valence-electron chi connectivity index (χ0n) is 11.6. The fourth-order valence-corrected chi connectivity index (χ4v) is 2.68. The van der Waals surface area contributed by atoms with Gasteiger partial charge in [-0.15, -0.1) is 0 Å². The highest BCUT2D eigenvalue weighted by molar-refractivity contribution is 7.89. The number of rotatable bonds is 10. The van der Waals surface area contributed by atoms with Crippen LogP contribution >= 0.6 is 0 Å². The number of aromatic nitrogens is 2. The van der Waals surface area contributed by atoms with Crippen molar-refractivity contribution in [3.8, 4) is 0 Å². The van der Waals surface area contributed by atoms with Crippen LogP contribution in [0.3, 0.4) is 0 Å². The number of carboxylic acids is 1. The molecule has 0 fully saturated rings. The van der Waals surface area contributed by atoms with Gasteiger partial charge in [0.05, 0.1) is 19.2 Å². The first-order chi connectivity index (χ1) is 9.45. The summed E-state index contributed by atoms with van der Waals surface area (Å²) >= 11 is 0. The minimum atomic E-state index is -3.55. The molecule has 0 saturated heterocycles. The largest absolute Gasteiger partial charge is 0.481 e. The Kier molecular flexibility index (Phi) is 6.66. The van der Waals surface area contributed by atoms with E-state index in [1.54, 1.807) is 0 Å². The summed E-state index contributed by atoms with van der Waals surface area (Å²) in [4.78, 5) is 10.5. The van der Waals surface area contributed by atoms with Crippen molar-refractivity contribution in [2.45, 2.75) is 50.5 Å². The van der Waals surface area contributed by atoms with E-state index >= 15 is 0 Å². The van der Waals surface area contributed by atoms with Crippen LogP contribution in [0.1, 0.15) is 39.0 Å². The van der Waals surface area contributed by atoms with Crippen LogP contribution in [0.2, 0.25) is 0 Å². The summed E-state index contributed by atoms with van der Waals surface area (Å²) in [5.74, 6) is -0.945. The lowest BCUT2D eigenvalue weighted by molar-refractivity contribution is -0.137.